The van der Waals surface area contributed by atoms with Crippen LogP contribution in [0.15, 0.2) is 18.2 Å². The highest BCUT2D eigenvalue weighted by Crippen LogP contribution is 2.36. The quantitative estimate of drug-likeness (QED) is 0.819. The molecular formula is C15H20N2O3. The van der Waals surface area contributed by atoms with E-state index >= 15 is 0 Å². The van der Waals surface area contributed by atoms with E-state index in [1.165, 1.54) is 0 Å². The number of carbonyl (C=O) groups is 1. The fourth-order valence-electron chi connectivity index (χ4n) is 3.08. The fraction of sp³-hybridized carbons (Fsp3) is 0.600. The minimum absolute atomic E-state index is 0.00459. The molecule has 5 nitrogen and oxygen atoms in total. The second kappa shape index (κ2) is 5.14. The third kappa shape index (κ3) is 2.43. The summed E-state index contributed by atoms with van der Waals surface area (Å²) in [5, 5.41) is 0. The largest absolute Gasteiger partial charge is 0.379 e. The number of hydrogen-bond donors (Lipinski definition) is 0. The molecule has 3 heterocycles. The third-order valence-corrected chi connectivity index (χ3v) is 4.22. The van der Waals surface area contributed by atoms with Crippen molar-refractivity contribution in [2.45, 2.75) is 31.5 Å². The van der Waals surface area contributed by atoms with Crippen LogP contribution in [0.2, 0.25) is 0 Å². The van der Waals surface area contributed by atoms with Crippen molar-refractivity contribution in [2.75, 3.05) is 26.8 Å². The van der Waals surface area contributed by atoms with E-state index in [1.54, 1.807) is 13.2 Å². The molecule has 0 bridgehead atoms. The highest BCUT2D eigenvalue weighted by molar-refractivity contribution is 5.92. The van der Waals surface area contributed by atoms with Crippen molar-refractivity contribution < 1.29 is 14.3 Å². The van der Waals surface area contributed by atoms with Crippen molar-refractivity contribution in [2.24, 2.45) is 0 Å². The van der Waals surface area contributed by atoms with Crippen molar-refractivity contribution in [1.82, 2.24) is 9.88 Å². The van der Waals surface area contributed by atoms with E-state index in [2.05, 4.69) is 4.98 Å². The zero-order valence-corrected chi connectivity index (χ0v) is 12.0. The van der Waals surface area contributed by atoms with E-state index in [1.807, 2.05) is 24.0 Å². The van der Waals surface area contributed by atoms with Gasteiger partial charge in [-0.25, -0.2) is 4.98 Å². The topological polar surface area (TPSA) is 51.7 Å². The first-order valence-corrected chi connectivity index (χ1v) is 7.02. The van der Waals surface area contributed by atoms with Crippen LogP contribution in [-0.2, 0) is 9.47 Å². The normalized spacial score (nSPS) is 29.3. The van der Waals surface area contributed by atoms with Gasteiger partial charge >= 0.3 is 0 Å². The van der Waals surface area contributed by atoms with E-state index in [9.17, 15) is 4.79 Å². The zero-order valence-electron chi connectivity index (χ0n) is 12.0. The Morgan fingerprint density at radius 1 is 1.55 bits per heavy atom. The van der Waals surface area contributed by atoms with Gasteiger partial charge in [-0.3, -0.25) is 4.79 Å². The molecule has 2 aliphatic heterocycles. The number of pyridine rings is 1. The van der Waals surface area contributed by atoms with Crippen LogP contribution < -0.4 is 0 Å². The van der Waals surface area contributed by atoms with E-state index in [0.717, 1.165) is 25.1 Å². The van der Waals surface area contributed by atoms with E-state index in [-0.39, 0.29) is 17.6 Å². The van der Waals surface area contributed by atoms with Gasteiger partial charge in [0, 0.05) is 25.8 Å². The number of rotatable bonds is 2. The summed E-state index contributed by atoms with van der Waals surface area (Å²) in [7, 11) is 1.71. The maximum atomic E-state index is 12.5. The summed E-state index contributed by atoms with van der Waals surface area (Å²) < 4.78 is 11.3. The lowest BCUT2D eigenvalue weighted by atomic mass is 9.98. The van der Waals surface area contributed by atoms with E-state index in [0.29, 0.717) is 18.8 Å². The summed E-state index contributed by atoms with van der Waals surface area (Å²) in [4.78, 5) is 18.6. The average Bonchev–Trinajstić information content (AvgIpc) is 3.06. The molecular weight excluding hydrogens is 256 g/mol. The molecule has 5 heteroatoms. The summed E-state index contributed by atoms with van der Waals surface area (Å²) in [6.07, 6.45) is 1.90. The smallest absolute Gasteiger partial charge is 0.272 e. The highest BCUT2D eigenvalue weighted by atomic mass is 16.6. The van der Waals surface area contributed by atoms with Gasteiger partial charge in [0.25, 0.3) is 5.91 Å². The lowest BCUT2D eigenvalue weighted by molar-refractivity contribution is 0.00697. The number of aromatic nitrogens is 1. The second-order valence-electron chi connectivity index (χ2n) is 5.70. The molecule has 1 aromatic heterocycles. The number of amides is 1. The summed E-state index contributed by atoms with van der Waals surface area (Å²) in [6, 6.07) is 5.54. The first-order valence-electron chi connectivity index (χ1n) is 7.02. The molecule has 2 atom stereocenters. The minimum Gasteiger partial charge on any atom is -0.379 e. The number of carbonyl (C=O) groups excluding carboxylic acids is 1. The van der Waals surface area contributed by atoms with Crippen molar-refractivity contribution >= 4 is 5.91 Å². The molecule has 0 saturated carbocycles. The van der Waals surface area contributed by atoms with Crippen LogP contribution in [0.4, 0.5) is 0 Å². The van der Waals surface area contributed by atoms with Crippen LogP contribution >= 0.6 is 0 Å². The molecule has 0 N–H and O–H groups in total. The van der Waals surface area contributed by atoms with Gasteiger partial charge in [-0.2, -0.15) is 0 Å². The standard InChI is InChI=1S/C15H20N2O3/c1-11-4-3-5-13(16-11)14(18)17-7-6-15(10-17)8-12(19-2)9-20-15/h3-5,12H,6-10H2,1-2H3/t12-,15+/m1/s1. The second-order valence-corrected chi connectivity index (χ2v) is 5.70. The van der Waals surface area contributed by atoms with Gasteiger partial charge in [0.15, 0.2) is 0 Å². The van der Waals surface area contributed by atoms with Crippen molar-refractivity contribution in [1.29, 1.82) is 0 Å². The molecule has 2 saturated heterocycles. The Kier molecular flexibility index (Phi) is 3.48. The zero-order chi connectivity index (χ0) is 14.2. The number of aryl methyl sites for hydroxylation is 1. The SMILES string of the molecule is CO[C@H]1CO[C@@]2(CCN(C(=O)c3cccc(C)n3)C2)C1. The van der Waals surface area contributed by atoms with Crippen molar-refractivity contribution in [3.05, 3.63) is 29.6 Å². The monoisotopic (exact) mass is 276 g/mol. The van der Waals surface area contributed by atoms with Gasteiger partial charge < -0.3 is 14.4 Å². The molecule has 1 spiro atoms. The van der Waals surface area contributed by atoms with Gasteiger partial charge in [-0.15, -0.1) is 0 Å². The summed E-state index contributed by atoms with van der Waals surface area (Å²) >= 11 is 0. The molecule has 0 radical (unpaired) electrons. The number of nitrogens with zero attached hydrogens (tertiary/aromatic N) is 2. The maximum Gasteiger partial charge on any atom is 0.272 e. The van der Waals surface area contributed by atoms with Gasteiger partial charge in [-0.1, -0.05) is 6.07 Å². The van der Waals surface area contributed by atoms with Crippen molar-refractivity contribution in [3.8, 4) is 0 Å². The Balaban J connectivity index is 1.70. The molecule has 3 rings (SSSR count). The first-order chi connectivity index (χ1) is 9.62. The molecule has 20 heavy (non-hydrogen) atoms. The molecule has 1 aromatic rings. The number of likely N-dealkylation sites (tertiary alicyclic amines) is 1. The van der Waals surface area contributed by atoms with E-state index < -0.39 is 0 Å². The lowest BCUT2D eigenvalue weighted by Crippen LogP contribution is -2.36. The summed E-state index contributed by atoms with van der Waals surface area (Å²) in [6.45, 7) is 3.89. The molecule has 108 valence electrons. The molecule has 2 aliphatic rings. The van der Waals surface area contributed by atoms with E-state index in [4.69, 9.17) is 9.47 Å². The van der Waals surface area contributed by atoms with Crippen LogP contribution in [0.3, 0.4) is 0 Å². The van der Waals surface area contributed by atoms with Gasteiger partial charge in [-0.05, 0) is 25.5 Å². The van der Waals surface area contributed by atoms with Gasteiger partial charge in [0.1, 0.15) is 5.69 Å². The number of hydrogen-bond acceptors (Lipinski definition) is 4. The Morgan fingerprint density at radius 2 is 2.40 bits per heavy atom. The van der Waals surface area contributed by atoms with Gasteiger partial charge in [0.2, 0.25) is 0 Å². The first kappa shape index (κ1) is 13.5. The maximum absolute atomic E-state index is 12.5. The summed E-state index contributed by atoms with van der Waals surface area (Å²) in [5.41, 5.74) is 1.17. The molecule has 2 fully saturated rings. The van der Waals surface area contributed by atoms with Gasteiger partial charge in [0.05, 0.1) is 24.9 Å². The lowest BCUT2D eigenvalue weighted by Gasteiger charge is -2.23. The van der Waals surface area contributed by atoms with Crippen LogP contribution in [0.5, 0.6) is 0 Å². The molecule has 0 aliphatic carbocycles. The highest BCUT2D eigenvalue weighted by Gasteiger charge is 2.47. The Bertz CT molecular complexity index is 520. The summed E-state index contributed by atoms with van der Waals surface area (Å²) in [5.74, 6) is -0.00459. The Labute approximate surface area is 118 Å². The van der Waals surface area contributed by atoms with Crippen LogP contribution in [-0.4, -0.2) is 54.3 Å². The van der Waals surface area contributed by atoms with Crippen LogP contribution in [0.1, 0.15) is 29.0 Å². The van der Waals surface area contributed by atoms with Crippen LogP contribution in [0.25, 0.3) is 0 Å². The Hall–Kier alpha value is -1.46. The fourth-order valence-corrected chi connectivity index (χ4v) is 3.08. The van der Waals surface area contributed by atoms with Crippen molar-refractivity contribution in [3.63, 3.8) is 0 Å². The number of ether oxygens (including phenoxy) is 2. The predicted molar refractivity (Wildman–Crippen MR) is 73.6 cm³/mol. The molecule has 0 aromatic carbocycles. The Morgan fingerprint density at radius 3 is 3.10 bits per heavy atom. The third-order valence-electron chi connectivity index (χ3n) is 4.22. The molecule has 0 unspecified atom stereocenters. The average molecular weight is 276 g/mol. The number of methoxy groups -OCH3 is 1. The molecule has 1 amide bonds. The predicted octanol–water partition coefficient (Wildman–Crippen LogP) is 1.41. The van der Waals surface area contributed by atoms with Crippen LogP contribution in [0, 0.1) is 6.92 Å². The minimum atomic E-state index is -0.208.